The average molecular weight is 420 g/mol. The predicted molar refractivity (Wildman–Crippen MR) is 112 cm³/mol. The van der Waals surface area contributed by atoms with Gasteiger partial charge in [-0.2, -0.15) is 13.2 Å². The van der Waals surface area contributed by atoms with Crippen molar-refractivity contribution < 1.29 is 18.0 Å². The van der Waals surface area contributed by atoms with E-state index in [0.29, 0.717) is 43.1 Å². The van der Waals surface area contributed by atoms with Crippen molar-refractivity contribution in [2.75, 3.05) is 13.1 Å². The molecule has 0 spiro atoms. The molecule has 8 heteroatoms. The summed E-state index contributed by atoms with van der Waals surface area (Å²) in [6, 6.07) is 12.4. The molecule has 2 aromatic carbocycles. The molecule has 0 saturated carbocycles. The molecule has 162 valence electrons. The number of hydrogen-bond acceptors (Lipinski definition) is 2. The molecule has 2 aromatic rings. The van der Waals surface area contributed by atoms with Gasteiger partial charge in [0, 0.05) is 18.7 Å². The first kappa shape index (κ1) is 23.3. The molecule has 4 N–H and O–H groups in total. The number of nitrogens with one attached hydrogen (secondary N) is 2. The molecular weight excluding hydrogens is 393 g/mol. The molecule has 0 saturated heterocycles. The van der Waals surface area contributed by atoms with Gasteiger partial charge in [0.05, 0.1) is 12.1 Å². The van der Waals surface area contributed by atoms with Gasteiger partial charge < -0.3 is 16.4 Å². The van der Waals surface area contributed by atoms with Crippen LogP contribution in [-0.2, 0) is 12.7 Å². The standard InChI is InChI=1S/C22H27F3N4O/c1-3-27-21(29-14-16-6-4-8-18(12-16)20(26)30)28-11-10-15(2)17-7-5-9-19(13-17)22(23,24)25/h4-9,12-13,15H,3,10-11,14H2,1-2H3,(H2,26,30)(H2,27,28,29). The van der Waals surface area contributed by atoms with Gasteiger partial charge in [0.25, 0.3) is 0 Å². The van der Waals surface area contributed by atoms with Crippen LogP contribution in [0.25, 0.3) is 0 Å². The van der Waals surface area contributed by atoms with Gasteiger partial charge in [-0.3, -0.25) is 4.79 Å². The average Bonchev–Trinajstić information content (AvgIpc) is 2.71. The molecule has 0 fully saturated rings. The van der Waals surface area contributed by atoms with E-state index >= 15 is 0 Å². The van der Waals surface area contributed by atoms with Gasteiger partial charge >= 0.3 is 6.18 Å². The van der Waals surface area contributed by atoms with Crippen LogP contribution in [0.15, 0.2) is 53.5 Å². The van der Waals surface area contributed by atoms with Gasteiger partial charge in [-0.1, -0.05) is 37.3 Å². The summed E-state index contributed by atoms with van der Waals surface area (Å²) < 4.78 is 38.7. The zero-order chi connectivity index (χ0) is 22.1. The first-order valence-corrected chi connectivity index (χ1v) is 9.78. The van der Waals surface area contributed by atoms with Crippen LogP contribution in [-0.4, -0.2) is 25.0 Å². The van der Waals surface area contributed by atoms with Crippen LogP contribution in [0, 0.1) is 0 Å². The lowest BCUT2D eigenvalue weighted by Crippen LogP contribution is -2.38. The molecule has 0 aromatic heterocycles. The van der Waals surface area contributed by atoms with Crippen molar-refractivity contribution in [2.45, 2.75) is 38.9 Å². The second kappa shape index (κ2) is 10.7. The second-order valence-electron chi connectivity index (χ2n) is 7.00. The van der Waals surface area contributed by atoms with Crippen LogP contribution in [0.4, 0.5) is 13.2 Å². The Morgan fingerprint density at radius 1 is 1.13 bits per heavy atom. The molecule has 5 nitrogen and oxygen atoms in total. The number of guanidine groups is 1. The van der Waals surface area contributed by atoms with E-state index in [2.05, 4.69) is 15.6 Å². The van der Waals surface area contributed by atoms with Crippen LogP contribution in [0.5, 0.6) is 0 Å². The second-order valence-corrected chi connectivity index (χ2v) is 7.00. The van der Waals surface area contributed by atoms with Gasteiger partial charge in [-0.05, 0) is 48.6 Å². The van der Waals surface area contributed by atoms with Crippen LogP contribution >= 0.6 is 0 Å². The number of carbonyl (C=O) groups is 1. The van der Waals surface area contributed by atoms with E-state index in [1.807, 2.05) is 19.9 Å². The third-order valence-electron chi connectivity index (χ3n) is 4.63. The molecule has 0 bridgehead atoms. The molecule has 0 aliphatic carbocycles. The number of benzene rings is 2. The minimum atomic E-state index is -4.34. The van der Waals surface area contributed by atoms with Crippen molar-refractivity contribution in [3.63, 3.8) is 0 Å². The molecular formula is C22H27F3N4O. The topological polar surface area (TPSA) is 79.5 Å². The number of hydrogen-bond donors (Lipinski definition) is 3. The Morgan fingerprint density at radius 2 is 1.87 bits per heavy atom. The van der Waals surface area contributed by atoms with Crippen LogP contribution in [0.3, 0.4) is 0 Å². The van der Waals surface area contributed by atoms with Gasteiger partial charge in [0.2, 0.25) is 5.91 Å². The highest BCUT2D eigenvalue weighted by atomic mass is 19.4. The minimum absolute atomic E-state index is 0.0464. The minimum Gasteiger partial charge on any atom is -0.366 e. The number of nitrogens with zero attached hydrogens (tertiary/aromatic N) is 1. The van der Waals surface area contributed by atoms with Crippen molar-refractivity contribution in [3.05, 3.63) is 70.8 Å². The van der Waals surface area contributed by atoms with Crippen LogP contribution in [0.1, 0.15) is 53.2 Å². The van der Waals surface area contributed by atoms with Crippen molar-refractivity contribution >= 4 is 11.9 Å². The largest absolute Gasteiger partial charge is 0.416 e. The summed E-state index contributed by atoms with van der Waals surface area (Å²) in [6.45, 7) is 5.41. The summed E-state index contributed by atoms with van der Waals surface area (Å²) >= 11 is 0. The lowest BCUT2D eigenvalue weighted by atomic mass is 9.96. The summed E-state index contributed by atoms with van der Waals surface area (Å²) in [7, 11) is 0. The Hall–Kier alpha value is -3.03. The summed E-state index contributed by atoms with van der Waals surface area (Å²) in [4.78, 5) is 15.8. The SMILES string of the molecule is CCNC(=NCc1cccc(C(N)=O)c1)NCCC(C)c1cccc(C(F)(F)F)c1. The number of primary amides is 1. The zero-order valence-corrected chi connectivity index (χ0v) is 17.1. The monoisotopic (exact) mass is 420 g/mol. The Balaban J connectivity index is 1.95. The van der Waals surface area contributed by atoms with E-state index in [4.69, 9.17) is 5.73 Å². The fourth-order valence-electron chi connectivity index (χ4n) is 2.93. The van der Waals surface area contributed by atoms with E-state index in [0.717, 1.165) is 11.6 Å². The quantitative estimate of drug-likeness (QED) is 0.445. The van der Waals surface area contributed by atoms with E-state index < -0.39 is 17.6 Å². The van der Waals surface area contributed by atoms with E-state index in [-0.39, 0.29) is 5.92 Å². The highest BCUT2D eigenvalue weighted by Crippen LogP contribution is 2.31. The Kier molecular flexibility index (Phi) is 8.26. The third kappa shape index (κ3) is 7.09. The van der Waals surface area contributed by atoms with Crippen LogP contribution < -0.4 is 16.4 Å². The summed E-state index contributed by atoms with van der Waals surface area (Å²) in [5, 5.41) is 6.33. The maximum atomic E-state index is 12.9. The summed E-state index contributed by atoms with van der Waals surface area (Å²) in [5.74, 6) is 0.0580. The van der Waals surface area contributed by atoms with Crippen LogP contribution in [0.2, 0.25) is 0 Å². The maximum absolute atomic E-state index is 12.9. The Morgan fingerprint density at radius 3 is 2.53 bits per heavy atom. The number of amides is 1. The highest BCUT2D eigenvalue weighted by molar-refractivity contribution is 5.92. The number of carbonyl (C=O) groups excluding carboxylic acids is 1. The number of aliphatic imine (C=N–C) groups is 1. The van der Waals surface area contributed by atoms with Gasteiger partial charge in [-0.15, -0.1) is 0 Å². The Labute approximate surface area is 174 Å². The third-order valence-corrected chi connectivity index (χ3v) is 4.63. The van der Waals surface area contributed by atoms with Crippen molar-refractivity contribution in [3.8, 4) is 0 Å². The van der Waals surface area contributed by atoms with E-state index in [9.17, 15) is 18.0 Å². The molecule has 1 amide bonds. The molecule has 0 aliphatic heterocycles. The molecule has 0 heterocycles. The van der Waals surface area contributed by atoms with E-state index in [1.54, 1.807) is 24.3 Å². The van der Waals surface area contributed by atoms with Crippen molar-refractivity contribution in [1.82, 2.24) is 10.6 Å². The molecule has 0 aliphatic rings. The van der Waals surface area contributed by atoms with Gasteiger partial charge in [0.1, 0.15) is 0 Å². The number of halogens is 3. The van der Waals surface area contributed by atoms with Crippen molar-refractivity contribution in [2.24, 2.45) is 10.7 Å². The maximum Gasteiger partial charge on any atom is 0.416 e. The Bertz CT molecular complexity index is 881. The number of alkyl halides is 3. The molecule has 1 atom stereocenters. The number of nitrogens with two attached hydrogens (primary N) is 1. The predicted octanol–water partition coefficient (Wildman–Crippen LogP) is 4.05. The lowest BCUT2D eigenvalue weighted by molar-refractivity contribution is -0.137. The normalized spacial score (nSPS) is 13.0. The van der Waals surface area contributed by atoms with Gasteiger partial charge in [0.15, 0.2) is 5.96 Å². The molecule has 0 radical (unpaired) electrons. The fourth-order valence-corrected chi connectivity index (χ4v) is 2.93. The first-order valence-electron chi connectivity index (χ1n) is 9.78. The fraction of sp³-hybridized carbons (Fsp3) is 0.364. The lowest BCUT2D eigenvalue weighted by Gasteiger charge is -2.16. The summed E-state index contributed by atoms with van der Waals surface area (Å²) in [6.07, 6.45) is -3.70. The zero-order valence-electron chi connectivity index (χ0n) is 17.1. The summed E-state index contributed by atoms with van der Waals surface area (Å²) in [5.41, 5.74) is 6.59. The number of rotatable bonds is 8. The van der Waals surface area contributed by atoms with E-state index in [1.165, 1.54) is 12.1 Å². The molecule has 2 rings (SSSR count). The molecule has 30 heavy (non-hydrogen) atoms. The highest BCUT2D eigenvalue weighted by Gasteiger charge is 2.30. The molecule has 1 unspecified atom stereocenters. The smallest absolute Gasteiger partial charge is 0.366 e. The van der Waals surface area contributed by atoms with Crippen molar-refractivity contribution in [1.29, 1.82) is 0 Å². The first-order chi connectivity index (χ1) is 14.2. The van der Waals surface area contributed by atoms with Gasteiger partial charge in [-0.25, -0.2) is 4.99 Å².